The Kier molecular flexibility index (Phi) is 6.80. The molecule has 3 atom stereocenters. The minimum Gasteiger partial charge on any atom is -0.417 e. The van der Waals surface area contributed by atoms with Gasteiger partial charge in [0.2, 0.25) is 0 Å². The Hall–Kier alpha value is -1.19. The van der Waals surface area contributed by atoms with Crippen LogP contribution in [0.2, 0.25) is 18.1 Å². The first-order valence-corrected chi connectivity index (χ1v) is 17.2. The Morgan fingerprint density at radius 2 is 1.81 bits per heavy atom. The fraction of sp³-hybridized carbons (Fsp3) is 0.759. The van der Waals surface area contributed by atoms with E-state index >= 15 is 0 Å². The highest BCUT2D eigenvalue weighted by atomic mass is 28.4. The number of aryl methyl sites for hydroxylation is 1. The molecule has 0 spiro atoms. The molecule has 1 aromatic heterocycles. The molecule has 0 N–H and O–H groups in total. The number of nitrogens with zero attached hydrogens (tertiary/aromatic N) is 2. The first-order chi connectivity index (χ1) is 17.1. The zero-order chi connectivity index (χ0) is 27.0. The minimum absolute atomic E-state index is 0.00527. The molecule has 3 heterocycles. The van der Waals surface area contributed by atoms with Crippen molar-refractivity contribution in [2.24, 2.45) is 5.92 Å². The minimum atomic E-state index is -1.79. The zero-order valence-electron chi connectivity index (χ0n) is 24.7. The molecule has 1 unspecified atom stereocenters. The quantitative estimate of drug-likeness (QED) is 0.404. The summed E-state index contributed by atoms with van der Waals surface area (Å²) in [4.78, 5) is 0. The molecular weight excluding hydrogens is 479 g/mol. The lowest BCUT2D eigenvalue weighted by atomic mass is 9.71. The predicted molar refractivity (Wildman–Crippen MR) is 153 cm³/mol. The maximum Gasteiger partial charge on any atom is 0.495 e. The van der Waals surface area contributed by atoms with Gasteiger partial charge in [-0.2, -0.15) is 5.10 Å². The Morgan fingerprint density at radius 1 is 1.14 bits per heavy atom. The molecule has 8 heteroatoms. The van der Waals surface area contributed by atoms with Crippen LogP contribution >= 0.6 is 0 Å². The molecule has 3 fully saturated rings. The van der Waals surface area contributed by atoms with Crippen LogP contribution in [0.3, 0.4) is 0 Å². The summed E-state index contributed by atoms with van der Waals surface area (Å²) in [5, 5.41) is 6.21. The van der Waals surface area contributed by atoms with E-state index in [4.69, 9.17) is 23.6 Å². The fourth-order valence-electron chi connectivity index (χ4n) is 5.53. The highest BCUT2D eigenvalue weighted by Crippen LogP contribution is 2.51. The second kappa shape index (κ2) is 9.19. The standard InChI is InChI=1S/C29H47BN2O4Si/c1-19-15-23-22(17-31-32(23)24-13-11-12-14-33-24)26(30-35-28(5,6)29(7,8)36-30)25(19)21-16-20(21)18-34-37(9,10)27(2,3)4/h15,17,20-21,24H,11-14,16,18H2,1-10H3/t20-,21-,24?/m1/s1. The van der Waals surface area contributed by atoms with Gasteiger partial charge < -0.3 is 18.5 Å². The lowest BCUT2D eigenvalue weighted by Crippen LogP contribution is -2.41. The Morgan fingerprint density at radius 3 is 2.41 bits per heavy atom. The first-order valence-electron chi connectivity index (χ1n) is 14.2. The molecule has 2 aromatic rings. The van der Waals surface area contributed by atoms with Crippen molar-refractivity contribution in [2.45, 2.75) is 123 Å². The molecule has 6 nitrogen and oxygen atoms in total. The summed E-state index contributed by atoms with van der Waals surface area (Å²) in [5.41, 5.74) is 4.14. The molecule has 1 aromatic carbocycles. The van der Waals surface area contributed by atoms with E-state index in [1.54, 1.807) is 0 Å². The second-order valence-corrected chi connectivity index (χ2v) is 18.9. The van der Waals surface area contributed by atoms with Gasteiger partial charge in [0.05, 0.1) is 22.9 Å². The van der Waals surface area contributed by atoms with Gasteiger partial charge in [-0.3, -0.25) is 0 Å². The van der Waals surface area contributed by atoms with Crippen LogP contribution in [0.15, 0.2) is 12.3 Å². The normalized spacial score (nSPS) is 27.7. The molecule has 1 aliphatic carbocycles. The number of aromatic nitrogens is 2. The maximum absolute atomic E-state index is 6.67. The molecule has 0 radical (unpaired) electrons. The Labute approximate surface area is 225 Å². The Bertz CT molecular complexity index is 1150. The van der Waals surface area contributed by atoms with Crippen LogP contribution < -0.4 is 5.46 Å². The molecule has 1 saturated carbocycles. The first kappa shape index (κ1) is 27.4. The highest BCUT2D eigenvalue weighted by Gasteiger charge is 2.54. The van der Waals surface area contributed by atoms with E-state index in [2.05, 4.69) is 79.2 Å². The van der Waals surface area contributed by atoms with Crippen LogP contribution in [-0.2, 0) is 18.5 Å². The van der Waals surface area contributed by atoms with Crippen LogP contribution in [0.1, 0.15) is 97.4 Å². The molecule has 2 saturated heterocycles. The van der Waals surface area contributed by atoms with E-state index in [-0.39, 0.29) is 11.3 Å². The number of hydrogen-bond donors (Lipinski definition) is 0. The van der Waals surface area contributed by atoms with Crippen molar-refractivity contribution < 1.29 is 18.5 Å². The van der Waals surface area contributed by atoms with Gasteiger partial charge in [0.1, 0.15) is 0 Å². The van der Waals surface area contributed by atoms with E-state index in [0.717, 1.165) is 48.8 Å². The number of fused-ring (bicyclic) bond motifs is 1. The average molecular weight is 527 g/mol. The van der Waals surface area contributed by atoms with Crippen LogP contribution in [0.4, 0.5) is 0 Å². The summed E-state index contributed by atoms with van der Waals surface area (Å²) >= 11 is 0. The summed E-state index contributed by atoms with van der Waals surface area (Å²) in [6.07, 6.45) is 6.45. The molecule has 0 bridgehead atoms. The smallest absolute Gasteiger partial charge is 0.417 e. The molecule has 204 valence electrons. The van der Waals surface area contributed by atoms with Crippen molar-refractivity contribution in [3.63, 3.8) is 0 Å². The fourth-order valence-corrected chi connectivity index (χ4v) is 6.60. The molecule has 0 amide bonds. The number of benzene rings is 1. The molecule has 2 aliphatic heterocycles. The SMILES string of the molecule is Cc1cc2c(cnn2C2CCCCO2)c(B2OC(C)(C)C(C)(C)O2)c1[C@@H]1C[C@@H]1CO[Si](C)(C)C(C)(C)C. The van der Waals surface area contributed by atoms with Gasteiger partial charge in [-0.25, -0.2) is 4.68 Å². The van der Waals surface area contributed by atoms with E-state index in [1.807, 2.05) is 6.20 Å². The summed E-state index contributed by atoms with van der Waals surface area (Å²) in [7, 11) is -2.21. The van der Waals surface area contributed by atoms with E-state index in [1.165, 1.54) is 17.5 Å². The third-order valence-electron chi connectivity index (χ3n) is 9.87. The summed E-state index contributed by atoms with van der Waals surface area (Å²) in [6.45, 7) is 24.0. The lowest BCUT2D eigenvalue weighted by molar-refractivity contribution is -0.0366. The largest absolute Gasteiger partial charge is 0.495 e. The van der Waals surface area contributed by atoms with Crippen LogP contribution in [-0.4, -0.2) is 49.6 Å². The second-order valence-electron chi connectivity index (χ2n) is 14.1. The van der Waals surface area contributed by atoms with E-state index in [0.29, 0.717) is 11.8 Å². The van der Waals surface area contributed by atoms with Gasteiger partial charge in [0.25, 0.3) is 0 Å². The maximum atomic E-state index is 6.67. The van der Waals surface area contributed by atoms with Crippen molar-refractivity contribution in [1.29, 1.82) is 0 Å². The van der Waals surface area contributed by atoms with Crippen molar-refractivity contribution in [2.75, 3.05) is 13.2 Å². The third kappa shape index (κ3) is 4.86. The van der Waals surface area contributed by atoms with Crippen LogP contribution in [0.5, 0.6) is 0 Å². The van der Waals surface area contributed by atoms with Gasteiger partial charge in [-0.15, -0.1) is 0 Å². The molecule has 3 aliphatic rings. The third-order valence-corrected chi connectivity index (χ3v) is 14.4. The van der Waals surface area contributed by atoms with Crippen molar-refractivity contribution in [3.8, 4) is 0 Å². The topological polar surface area (TPSA) is 54.7 Å². The molecule has 5 rings (SSSR count). The predicted octanol–water partition coefficient (Wildman–Crippen LogP) is 6.47. The zero-order valence-corrected chi connectivity index (χ0v) is 25.7. The number of ether oxygens (including phenoxy) is 1. The molecular formula is C29H47BN2O4Si. The van der Waals surface area contributed by atoms with E-state index < -0.39 is 26.6 Å². The lowest BCUT2D eigenvalue weighted by Gasteiger charge is -2.36. The van der Waals surface area contributed by atoms with Crippen molar-refractivity contribution >= 4 is 31.8 Å². The summed E-state index contributed by atoms with van der Waals surface area (Å²) in [5.74, 6) is 0.987. The number of rotatable bonds is 6. The van der Waals surface area contributed by atoms with Crippen molar-refractivity contribution in [3.05, 3.63) is 23.4 Å². The van der Waals surface area contributed by atoms with Gasteiger partial charge in [-0.1, -0.05) is 20.8 Å². The van der Waals surface area contributed by atoms with Gasteiger partial charge in [-0.05, 0) is 113 Å². The molecule has 37 heavy (non-hydrogen) atoms. The van der Waals surface area contributed by atoms with Crippen molar-refractivity contribution in [1.82, 2.24) is 9.78 Å². The van der Waals surface area contributed by atoms with Crippen LogP contribution in [0, 0.1) is 12.8 Å². The average Bonchev–Trinajstić information content (AvgIpc) is 3.38. The van der Waals surface area contributed by atoms with Crippen LogP contribution in [0.25, 0.3) is 10.9 Å². The highest BCUT2D eigenvalue weighted by molar-refractivity contribution is 6.74. The van der Waals surface area contributed by atoms with E-state index in [9.17, 15) is 0 Å². The summed E-state index contributed by atoms with van der Waals surface area (Å²) < 4.78 is 28.2. The summed E-state index contributed by atoms with van der Waals surface area (Å²) in [6, 6.07) is 2.31. The Balaban J connectivity index is 1.53. The van der Waals surface area contributed by atoms with Gasteiger partial charge in [0, 0.05) is 18.6 Å². The monoisotopic (exact) mass is 526 g/mol. The van der Waals surface area contributed by atoms with Gasteiger partial charge >= 0.3 is 7.12 Å². The number of hydrogen-bond acceptors (Lipinski definition) is 5. The van der Waals surface area contributed by atoms with Gasteiger partial charge in [0.15, 0.2) is 14.5 Å².